The number of esters is 1. The predicted molar refractivity (Wildman–Crippen MR) is 161 cm³/mol. The van der Waals surface area contributed by atoms with Crippen LogP contribution in [0.4, 0.5) is 22.0 Å². The Balaban J connectivity index is 1.81. The molecule has 48 heavy (non-hydrogen) atoms. The van der Waals surface area contributed by atoms with Crippen LogP contribution in [0.1, 0.15) is 74.6 Å². The van der Waals surface area contributed by atoms with E-state index in [0.29, 0.717) is 38.3 Å². The van der Waals surface area contributed by atoms with Gasteiger partial charge in [0.25, 0.3) is 11.8 Å². The molecule has 0 saturated carbocycles. The molecule has 0 aromatic heterocycles. The van der Waals surface area contributed by atoms with Crippen LogP contribution < -0.4 is 10.6 Å². The minimum atomic E-state index is -6.14. The molecule has 0 unspecified atom stereocenters. The fourth-order valence-electron chi connectivity index (χ4n) is 5.22. The van der Waals surface area contributed by atoms with Crippen LogP contribution in [-0.4, -0.2) is 96.4 Å². The first-order chi connectivity index (χ1) is 22.4. The molecule has 2 heterocycles. The first-order valence-corrected chi connectivity index (χ1v) is 15.7. The topological polar surface area (TPSA) is 134 Å². The lowest BCUT2D eigenvalue weighted by Gasteiger charge is -2.31. The number of ether oxygens (including phenoxy) is 2. The van der Waals surface area contributed by atoms with E-state index in [1.54, 1.807) is 18.7 Å². The molecule has 0 aliphatic carbocycles. The Labute approximate surface area is 275 Å². The summed E-state index contributed by atoms with van der Waals surface area (Å²) < 4.78 is 79.1. The van der Waals surface area contributed by atoms with E-state index in [9.17, 15) is 45.9 Å². The molecule has 0 radical (unpaired) electrons. The Bertz CT molecular complexity index is 1390. The number of benzene rings is 1. The Morgan fingerprint density at radius 1 is 0.938 bits per heavy atom. The van der Waals surface area contributed by atoms with Crippen LogP contribution in [0.5, 0.6) is 0 Å². The zero-order valence-electron chi connectivity index (χ0n) is 27.4. The number of carbonyl (C=O) groups excluding carboxylic acids is 5. The van der Waals surface area contributed by atoms with E-state index >= 15 is 0 Å². The van der Waals surface area contributed by atoms with Gasteiger partial charge in [-0.2, -0.15) is 22.0 Å². The molecule has 2 aliphatic heterocycles. The second-order valence-electron chi connectivity index (χ2n) is 12.2. The summed E-state index contributed by atoms with van der Waals surface area (Å²) in [7, 11) is 0. The molecule has 2 saturated heterocycles. The third-order valence-electron chi connectivity index (χ3n) is 7.98. The Hall–Kier alpha value is -4.08. The number of halogens is 5. The number of amides is 4. The van der Waals surface area contributed by atoms with Crippen LogP contribution in [0.25, 0.3) is 0 Å². The van der Waals surface area contributed by atoms with Gasteiger partial charge in [-0.15, -0.1) is 0 Å². The van der Waals surface area contributed by atoms with Gasteiger partial charge in [0.05, 0.1) is 18.9 Å². The van der Waals surface area contributed by atoms with Gasteiger partial charge >= 0.3 is 18.1 Å². The highest BCUT2D eigenvalue weighted by Crippen LogP contribution is 2.43. The Morgan fingerprint density at radius 3 is 2.04 bits per heavy atom. The largest absolute Gasteiger partial charge is 0.461 e. The van der Waals surface area contributed by atoms with Crippen molar-refractivity contribution in [3.63, 3.8) is 0 Å². The van der Waals surface area contributed by atoms with Gasteiger partial charge in [0.15, 0.2) is 0 Å². The average molecular weight is 689 g/mol. The van der Waals surface area contributed by atoms with Crippen molar-refractivity contribution >= 4 is 29.6 Å². The van der Waals surface area contributed by atoms with Crippen LogP contribution in [0.3, 0.4) is 0 Å². The van der Waals surface area contributed by atoms with Crippen molar-refractivity contribution < 1.29 is 55.4 Å². The van der Waals surface area contributed by atoms with Gasteiger partial charge in [0.1, 0.15) is 12.1 Å². The lowest BCUT2D eigenvalue weighted by Crippen LogP contribution is -2.55. The summed E-state index contributed by atoms with van der Waals surface area (Å²) in [6.07, 6.45) is -6.29. The highest BCUT2D eigenvalue weighted by Gasteiger charge is 2.63. The number of nitrogens with zero attached hydrogens (tertiary/aromatic N) is 2. The minimum absolute atomic E-state index is 0.0471. The quantitative estimate of drug-likeness (QED) is 0.204. The van der Waals surface area contributed by atoms with Gasteiger partial charge in [-0.25, -0.2) is 0 Å². The molecule has 16 heteroatoms. The smallest absolute Gasteiger partial charge is 0.422 e. The summed E-state index contributed by atoms with van der Waals surface area (Å²) in [4.78, 5) is 67.7. The normalized spacial score (nSPS) is 18.4. The van der Waals surface area contributed by atoms with Gasteiger partial charge < -0.3 is 29.9 Å². The summed E-state index contributed by atoms with van der Waals surface area (Å²) in [6, 6.07) is 3.45. The monoisotopic (exact) mass is 688 g/mol. The molecule has 3 rings (SSSR count). The van der Waals surface area contributed by atoms with Gasteiger partial charge in [-0.3, -0.25) is 24.0 Å². The number of likely N-dealkylation sites (tertiary alicyclic amines) is 1. The lowest BCUT2D eigenvalue weighted by molar-refractivity contribution is -0.276. The third kappa shape index (κ3) is 8.88. The summed E-state index contributed by atoms with van der Waals surface area (Å²) in [5, 5.41) is 4.75. The van der Waals surface area contributed by atoms with Crippen LogP contribution >= 0.6 is 0 Å². The van der Waals surface area contributed by atoms with Crippen LogP contribution in [0.2, 0.25) is 0 Å². The Kier molecular flexibility index (Phi) is 12.7. The lowest BCUT2D eigenvalue weighted by atomic mass is 10.0. The molecule has 266 valence electrons. The highest BCUT2D eigenvalue weighted by molar-refractivity contribution is 6.00. The SMILES string of the molecule is CCC(=O)O/C(=C(/NC(=O)[C@@H]1CCCN1C(=O)[C@@H](NC(=O)c1ccc(C(=O)N2CCOCC2)cc1)C(C)C)C(C)C)C(F)(F)C(F)(F)F. The molecule has 4 amide bonds. The molecule has 11 nitrogen and oxygen atoms in total. The minimum Gasteiger partial charge on any atom is -0.422 e. The van der Waals surface area contributed by atoms with E-state index in [1.807, 2.05) is 0 Å². The van der Waals surface area contributed by atoms with Crippen LogP contribution in [-0.2, 0) is 23.9 Å². The van der Waals surface area contributed by atoms with E-state index in [-0.39, 0.29) is 24.4 Å². The van der Waals surface area contributed by atoms with Crippen molar-refractivity contribution in [2.24, 2.45) is 11.8 Å². The maximum Gasteiger partial charge on any atom is 0.461 e. The molecule has 1 aromatic carbocycles. The second-order valence-corrected chi connectivity index (χ2v) is 12.2. The number of hydrogen-bond donors (Lipinski definition) is 2. The predicted octanol–water partition coefficient (Wildman–Crippen LogP) is 4.04. The summed E-state index contributed by atoms with van der Waals surface area (Å²) >= 11 is 0. The van der Waals surface area contributed by atoms with E-state index in [0.717, 1.165) is 4.90 Å². The number of morpholine rings is 1. The number of hydrogen-bond acceptors (Lipinski definition) is 7. The molecule has 2 fully saturated rings. The van der Waals surface area contributed by atoms with Crippen molar-refractivity contribution in [3.05, 3.63) is 46.8 Å². The van der Waals surface area contributed by atoms with Gasteiger partial charge in [-0.05, 0) is 48.9 Å². The molecule has 2 atom stereocenters. The average Bonchev–Trinajstić information content (AvgIpc) is 3.54. The first kappa shape index (κ1) is 38.4. The number of rotatable bonds is 11. The number of carbonyl (C=O) groups is 5. The molecule has 0 spiro atoms. The van der Waals surface area contributed by atoms with Crippen LogP contribution in [0, 0.1) is 11.8 Å². The highest BCUT2D eigenvalue weighted by atomic mass is 19.4. The fourth-order valence-corrected chi connectivity index (χ4v) is 5.22. The van der Waals surface area contributed by atoms with Crippen molar-refractivity contribution in [3.8, 4) is 0 Å². The van der Waals surface area contributed by atoms with Crippen molar-refractivity contribution in [2.75, 3.05) is 32.8 Å². The molecular formula is C32H41F5N4O7. The summed E-state index contributed by atoms with van der Waals surface area (Å²) in [6.45, 7) is 8.76. The second kappa shape index (κ2) is 15.9. The summed E-state index contributed by atoms with van der Waals surface area (Å²) in [5.41, 5.74) is -0.423. The standard InChI is InChI=1S/C32H41F5N4O7/c1-6-23(42)48-26(31(33,34)32(35,36)37)24(18(2)3)38-28(44)22-8-7-13-41(22)30(46)25(19(4)5)39-27(43)20-9-11-21(12-10-20)29(45)40-14-16-47-17-15-40/h9-12,18-19,22,25H,6-8,13-17H2,1-5H3,(H,38,44)(H,39,43)/b26-24+/t22-,25-/m0/s1. The van der Waals surface area contributed by atoms with E-state index in [1.165, 1.54) is 45.0 Å². The fraction of sp³-hybridized carbons (Fsp3) is 0.594. The third-order valence-corrected chi connectivity index (χ3v) is 7.98. The van der Waals surface area contributed by atoms with E-state index in [2.05, 4.69) is 15.4 Å². The maximum absolute atomic E-state index is 14.6. The maximum atomic E-state index is 14.6. The van der Waals surface area contributed by atoms with Gasteiger partial charge in [-0.1, -0.05) is 34.6 Å². The van der Waals surface area contributed by atoms with Crippen molar-refractivity contribution in [1.82, 2.24) is 20.4 Å². The van der Waals surface area contributed by atoms with Crippen molar-refractivity contribution in [1.29, 1.82) is 0 Å². The first-order valence-electron chi connectivity index (χ1n) is 15.7. The number of alkyl halides is 5. The summed E-state index contributed by atoms with van der Waals surface area (Å²) in [5.74, 6) is -13.2. The molecular weight excluding hydrogens is 647 g/mol. The van der Waals surface area contributed by atoms with Gasteiger partial charge in [0, 0.05) is 37.2 Å². The van der Waals surface area contributed by atoms with E-state index < -0.39 is 77.6 Å². The number of allylic oxidation sites excluding steroid dienone is 2. The Morgan fingerprint density at radius 2 is 1.52 bits per heavy atom. The molecule has 2 N–H and O–H groups in total. The molecule has 2 aliphatic rings. The zero-order valence-corrected chi connectivity index (χ0v) is 27.4. The zero-order chi connectivity index (χ0) is 36.0. The molecule has 1 aromatic rings. The van der Waals surface area contributed by atoms with Crippen LogP contribution in [0.15, 0.2) is 35.7 Å². The molecule has 0 bridgehead atoms. The van der Waals surface area contributed by atoms with Crippen molar-refractivity contribution in [2.45, 2.75) is 78.1 Å². The number of nitrogens with one attached hydrogen (secondary N) is 2. The van der Waals surface area contributed by atoms with Gasteiger partial charge in [0.2, 0.25) is 17.6 Å². The van der Waals surface area contributed by atoms with E-state index in [4.69, 9.17) is 4.74 Å².